The van der Waals surface area contributed by atoms with Crippen molar-refractivity contribution in [1.82, 2.24) is 15.3 Å². The SMILES string of the molecule is CCC(c1ncnc2sc(C)c(C)c12)C(C)NC. The van der Waals surface area contributed by atoms with E-state index in [9.17, 15) is 0 Å². The maximum Gasteiger partial charge on any atom is 0.127 e. The maximum atomic E-state index is 4.58. The Kier molecular flexibility index (Phi) is 3.97. The Hall–Kier alpha value is -1.00. The van der Waals surface area contributed by atoms with Crippen LogP contribution in [0, 0.1) is 13.8 Å². The van der Waals surface area contributed by atoms with Crippen molar-refractivity contribution >= 4 is 21.6 Å². The van der Waals surface area contributed by atoms with Gasteiger partial charge in [-0.2, -0.15) is 0 Å². The molecule has 1 N–H and O–H groups in total. The Morgan fingerprint density at radius 3 is 2.67 bits per heavy atom. The zero-order valence-corrected chi connectivity index (χ0v) is 12.6. The minimum Gasteiger partial charge on any atom is -0.317 e. The first kappa shape index (κ1) is 13.4. The van der Waals surface area contributed by atoms with Crippen LogP contribution in [0.5, 0.6) is 0 Å². The monoisotopic (exact) mass is 263 g/mol. The van der Waals surface area contributed by atoms with Gasteiger partial charge in [-0.3, -0.25) is 0 Å². The van der Waals surface area contributed by atoms with E-state index in [0.717, 1.165) is 11.3 Å². The standard InChI is InChI=1S/C14H21N3S/c1-6-11(9(3)15-5)13-12-8(2)10(4)18-14(12)17-7-16-13/h7,9,11,15H,6H2,1-5H3. The summed E-state index contributed by atoms with van der Waals surface area (Å²) < 4.78 is 0. The molecule has 0 fully saturated rings. The van der Waals surface area contributed by atoms with Crippen LogP contribution in [-0.4, -0.2) is 23.1 Å². The van der Waals surface area contributed by atoms with Crippen LogP contribution in [0.2, 0.25) is 0 Å². The summed E-state index contributed by atoms with van der Waals surface area (Å²) >= 11 is 1.77. The minimum absolute atomic E-state index is 0.424. The number of likely N-dealkylation sites (N-methyl/N-ethyl adjacent to an activating group) is 1. The van der Waals surface area contributed by atoms with Gasteiger partial charge in [-0.15, -0.1) is 11.3 Å². The molecule has 18 heavy (non-hydrogen) atoms. The Labute approximate surface area is 113 Å². The van der Waals surface area contributed by atoms with E-state index in [0.29, 0.717) is 12.0 Å². The van der Waals surface area contributed by atoms with E-state index in [2.05, 4.69) is 43.0 Å². The number of thiophene rings is 1. The number of fused-ring (bicyclic) bond motifs is 1. The molecule has 0 saturated carbocycles. The molecule has 0 amide bonds. The van der Waals surface area contributed by atoms with Crippen LogP contribution in [0.1, 0.15) is 42.3 Å². The number of aryl methyl sites for hydroxylation is 2. The molecule has 2 rings (SSSR count). The van der Waals surface area contributed by atoms with Crippen LogP contribution in [-0.2, 0) is 0 Å². The van der Waals surface area contributed by atoms with Crippen LogP contribution in [0.4, 0.5) is 0 Å². The summed E-state index contributed by atoms with van der Waals surface area (Å²) in [7, 11) is 2.01. The maximum absolute atomic E-state index is 4.58. The Bertz CT molecular complexity index is 547. The van der Waals surface area contributed by atoms with Gasteiger partial charge < -0.3 is 5.32 Å². The summed E-state index contributed by atoms with van der Waals surface area (Å²) in [6.07, 6.45) is 2.79. The van der Waals surface area contributed by atoms with Gasteiger partial charge in [-0.05, 0) is 39.8 Å². The normalized spacial score (nSPS) is 14.9. The second-order valence-corrected chi connectivity index (χ2v) is 6.02. The van der Waals surface area contributed by atoms with E-state index in [-0.39, 0.29) is 0 Å². The highest BCUT2D eigenvalue weighted by molar-refractivity contribution is 7.18. The summed E-state index contributed by atoms with van der Waals surface area (Å²) in [6, 6.07) is 0.424. The first-order valence-corrected chi connectivity index (χ1v) is 7.29. The average Bonchev–Trinajstić information content (AvgIpc) is 2.66. The average molecular weight is 263 g/mol. The van der Waals surface area contributed by atoms with Crippen LogP contribution < -0.4 is 5.32 Å². The van der Waals surface area contributed by atoms with Crippen molar-refractivity contribution in [3.63, 3.8) is 0 Å². The highest BCUT2D eigenvalue weighted by Gasteiger charge is 2.22. The minimum atomic E-state index is 0.424. The van der Waals surface area contributed by atoms with Crippen molar-refractivity contribution < 1.29 is 0 Å². The quantitative estimate of drug-likeness (QED) is 0.918. The van der Waals surface area contributed by atoms with E-state index in [1.807, 2.05) is 7.05 Å². The molecule has 3 nitrogen and oxygen atoms in total. The molecular weight excluding hydrogens is 242 g/mol. The molecule has 0 spiro atoms. The predicted molar refractivity (Wildman–Crippen MR) is 78.4 cm³/mol. The fourth-order valence-electron chi connectivity index (χ4n) is 2.48. The fraction of sp³-hybridized carbons (Fsp3) is 0.571. The van der Waals surface area contributed by atoms with Crippen LogP contribution in [0.15, 0.2) is 6.33 Å². The van der Waals surface area contributed by atoms with Crippen LogP contribution >= 0.6 is 11.3 Å². The summed E-state index contributed by atoms with van der Waals surface area (Å²) in [6.45, 7) is 8.78. The molecule has 2 aromatic rings. The Morgan fingerprint density at radius 1 is 1.33 bits per heavy atom. The van der Waals surface area contributed by atoms with Crippen molar-refractivity contribution in [1.29, 1.82) is 0 Å². The summed E-state index contributed by atoms with van der Waals surface area (Å²) in [5.74, 6) is 0.438. The first-order chi connectivity index (χ1) is 8.60. The van der Waals surface area contributed by atoms with E-state index in [1.165, 1.54) is 21.5 Å². The number of nitrogens with zero attached hydrogens (tertiary/aromatic N) is 2. The lowest BCUT2D eigenvalue weighted by Gasteiger charge is -2.22. The first-order valence-electron chi connectivity index (χ1n) is 6.48. The smallest absolute Gasteiger partial charge is 0.127 e. The predicted octanol–water partition coefficient (Wildman–Crippen LogP) is 3.41. The second kappa shape index (κ2) is 5.33. The third kappa shape index (κ3) is 2.15. The van der Waals surface area contributed by atoms with Crippen molar-refractivity contribution in [2.75, 3.05) is 7.05 Å². The second-order valence-electron chi connectivity index (χ2n) is 4.81. The molecule has 0 bridgehead atoms. The topological polar surface area (TPSA) is 37.8 Å². The number of aromatic nitrogens is 2. The molecule has 2 heterocycles. The summed E-state index contributed by atoms with van der Waals surface area (Å²) in [4.78, 5) is 11.5. The van der Waals surface area contributed by atoms with Gasteiger partial charge >= 0.3 is 0 Å². The van der Waals surface area contributed by atoms with Gasteiger partial charge in [0.15, 0.2) is 0 Å². The van der Waals surface area contributed by atoms with Gasteiger partial charge in [-0.1, -0.05) is 6.92 Å². The molecule has 0 aromatic carbocycles. The van der Waals surface area contributed by atoms with Gasteiger partial charge in [-0.25, -0.2) is 9.97 Å². The molecule has 2 atom stereocenters. The molecule has 0 radical (unpaired) electrons. The molecule has 0 aliphatic carbocycles. The van der Waals surface area contributed by atoms with Gasteiger partial charge in [0.05, 0.1) is 5.69 Å². The molecule has 0 aliphatic heterocycles. The Morgan fingerprint density at radius 2 is 2.06 bits per heavy atom. The Balaban J connectivity index is 2.62. The van der Waals surface area contributed by atoms with E-state index in [4.69, 9.17) is 0 Å². The van der Waals surface area contributed by atoms with E-state index < -0.39 is 0 Å². The number of nitrogens with one attached hydrogen (secondary N) is 1. The lowest BCUT2D eigenvalue weighted by Crippen LogP contribution is -2.29. The highest BCUT2D eigenvalue weighted by atomic mass is 32.1. The molecule has 4 heteroatoms. The lowest BCUT2D eigenvalue weighted by atomic mass is 9.91. The van der Waals surface area contributed by atoms with E-state index >= 15 is 0 Å². The van der Waals surface area contributed by atoms with Crippen molar-refractivity contribution in [3.05, 3.63) is 22.5 Å². The zero-order chi connectivity index (χ0) is 13.3. The summed E-state index contributed by atoms with van der Waals surface area (Å²) in [5, 5.41) is 4.62. The van der Waals surface area contributed by atoms with Crippen LogP contribution in [0.3, 0.4) is 0 Å². The van der Waals surface area contributed by atoms with Gasteiger partial charge in [0.2, 0.25) is 0 Å². The highest BCUT2D eigenvalue weighted by Crippen LogP contribution is 2.35. The fourth-order valence-corrected chi connectivity index (χ4v) is 3.48. The molecule has 98 valence electrons. The summed E-state index contributed by atoms with van der Waals surface area (Å²) in [5.41, 5.74) is 2.54. The van der Waals surface area contributed by atoms with Gasteiger partial charge in [0, 0.05) is 22.2 Å². The molecular formula is C14H21N3S. The number of hydrogen-bond acceptors (Lipinski definition) is 4. The van der Waals surface area contributed by atoms with Crippen molar-refractivity contribution in [2.24, 2.45) is 0 Å². The van der Waals surface area contributed by atoms with Gasteiger partial charge in [0.1, 0.15) is 11.2 Å². The van der Waals surface area contributed by atoms with Gasteiger partial charge in [0.25, 0.3) is 0 Å². The molecule has 2 unspecified atom stereocenters. The van der Waals surface area contributed by atoms with Crippen molar-refractivity contribution in [3.8, 4) is 0 Å². The van der Waals surface area contributed by atoms with Crippen LogP contribution in [0.25, 0.3) is 10.2 Å². The zero-order valence-electron chi connectivity index (χ0n) is 11.7. The molecule has 0 aliphatic rings. The third-order valence-corrected chi connectivity index (χ3v) is 4.96. The largest absolute Gasteiger partial charge is 0.317 e. The molecule has 0 saturated heterocycles. The molecule has 2 aromatic heterocycles. The number of hydrogen-bond donors (Lipinski definition) is 1. The number of rotatable bonds is 4. The third-order valence-electron chi connectivity index (χ3n) is 3.84. The van der Waals surface area contributed by atoms with E-state index in [1.54, 1.807) is 17.7 Å². The lowest BCUT2D eigenvalue weighted by molar-refractivity contribution is 0.476. The van der Waals surface area contributed by atoms with Crippen molar-refractivity contribution in [2.45, 2.75) is 46.1 Å².